The predicted molar refractivity (Wildman–Crippen MR) is 312 cm³/mol. The third-order valence-electron chi connectivity index (χ3n) is 15.1. The molecule has 2 fully saturated rings. The summed E-state index contributed by atoms with van der Waals surface area (Å²) in [4.78, 5) is 83.4. The molecule has 2 aliphatic heterocycles. The van der Waals surface area contributed by atoms with Gasteiger partial charge in [0.05, 0.1) is 47.2 Å². The molecule has 7 aromatic rings. The summed E-state index contributed by atoms with van der Waals surface area (Å²) >= 11 is 9.50. The first-order chi connectivity index (χ1) is 38.4. The monoisotopic (exact) mass is 1150 g/mol. The standard InChI is InChI=1S/C60H67ClN10O8S2/c1-30-33(4)81-58-50(30)51(36-15-17-39(61)18-16-36)66-44(54-69-68-34(5)71(54)58)26-48(72)65-40-23-42(24-40)77-41-19-20-46-38(21-41)22-47(79-46)56(75)67-53(59(6,7)8)57(76)70-28-43(78-49(73)27-60(9,10)62)25-45(70)55(74)64-31(2)35-11-13-37(14-12-35)52-32(3)63-29-80-52/h11-22,29,31,40,42-45,53H,23-28,62H2,1-10H3,(H,64,74)(H,65,72)(H,67,75)/t31-,40-,42+,43+,44-,45-,53+/m0/s1. The van der Waals surface area contributed by atoms with Gasteiger partial charge in [-0.1, -0.05) is 68.8 Å². The highest BCUT2D eigenvalue weighted by Gasteiger charge is 2.47. The Morgan fingerprint density at radius 1 is 0.889 bits per heavy atom. The molecule has 3 aliphatic rings. The molecule has 0 bridgehead atoms. The fourth-order valence-electron chi connectivity index (χ4n) is 10.7. The molecule has 0 unspecified atom stereocenters. The molecule has 4 aromatic heterocycles. The van der Waals surface area contributed by atoms with Gasteiger partial charge in [-0.15, -0.1) is 32.9 Å². The Morgan fingerprint density at radius 3 is 2.28 bits per heavy atom. The molecule has 5 N–H and O–H groups in total. The number of aromatic nitrogens is 4. The number of furan rings is 1. The van der Waals surface area contributed by atoms with Gasteiger partial charge in [-0.2, -0.15) is 0 Å². The third kappa shape index (κ3) is 12.3. The number of nitrogens with one attached hydrogen (secondary N) is 3. The lowest BCUT2D eigenvalue weighted by atomic mass is 9.85. The number of nitrogens with zero attached hydrogens (tertiary/aromatic N) is 6. The van der Waals surface area contributed by atoms with E-state index in [1.54, 1.807) is 66.3 Å². The Kier molecular flexibility index (Phi) is 15.9. The number of nitrogens with two attached hydrogens (primary N) is 1. The van der Waals surface area contributed by atoms with Crippen molar-refractivity contribution in [2.75, 3.05) is 6.54 Å². The van der Waals surface area contributed by atoms with E-state index >= 15 is 0 Å². The maximum atomic E-state index is 14.9. The number of fused-ring (bicyclic) bond motifs is 4. The number of carbonyl (C=O) groups is 5. The van der Waals surface area contributed by atoms with E-state index in [9.17, 15) is 24.0 Å². The van der Waals surface area contributed by atoms with Crippen molar-refractivity contribution < 1.29 is 37.9 Å². The van der Waals surface area contributed by atoms with Crippen LogP contribution >= 0.6 is 34.3 Å². The summed E-state index contributed by atoms with van der Waals surface area (Å²) in [5.74, 6) is -0.436. The summed E-state index contributed by atoms with van der Waals surface area (Å²) in [7, 11) is 0. The van der Waals surface area contributed by atoms with Crippen molar-refractivity contribution in [2.24, 2.45) is 16.1 Å². The molecule has 0 spiro atoms. The van der Waals surface area contributed by atoms with Gasteiger partial charge in [0.1, 0.15) is 52.5 Å². The number of thiazole rings is 1. The van der Waals surface area contributed by atoms with Crippen molar-refractivity contribution in [1.29, 1.82) is 0 Å². The number of ether oxygens (including phenoxy) is 2. The minimum absolute atomic E-state index is 0.0274. The minimum atomic E-state index is -1.13. The number of esters is 1. The summed E-state index contributed by atoms with van der Waals surface area (Å²) in [6, 6.07) is 19.0. The van der Waals surface area contributed by atoms with Crippen molar-refractivity contribution in [2.45, 2.75) is 149 Å². The molecule has 18 nitrogen and oxygen atoms in total. The molecule has 5 atom stereocenters. The van der Waals surface area contributed by atoms with E-state index < -0.39 is 64.9 Å². The van der Waals surface area contributed by atoms with E-state index in [0.717, 1.165) is 54.0 Å². The van der Waals surface area contributed by atoms with Crippen LogP contribution in [0.15, 0.2) is 87.7 Å². The molecule has 424 valence electrons. The van der Waals surface area contributed by atoms with Gasteiger partial charge >= 0.3 is 5.97 Å². The topological polar surface area (TPSA) is 238 Å². The van der Waals surface area contributed by atoms with Crippen LogP contribution in [0, 0.1) is 33.1 Å². The number of hydrogen-bond donors (Lipinski definition) is 4. The van der Waals surface area contributed by atoms with Gasteiger partial charge in [-0.05, 0) is 107 Å². The molecule has 0 radical (unpaired) electrons. The summed E-state index contributed by atoms with van der Waals surface area (Å²) in [6.45, 7) is 18.7. The van der Waals surface area contributed by atoms with Crippen molar-refractivity contribution in [3.05, 3.63) is 134 Å². The smallest absolute Gasteiger partial charge is 0.307 e. The van der Waals surface area contributed by atoms with Gasteiger partial charge in [0.2, 0.25) is 17.7 Å². The average Bonchev–Trinajstić information content (AvgIpc) is 3.99. The van der Waals surface area contributed by atoms with Crippen LogP contribution in [0.5, 0.6) is 5.75 Å². The van der Waals surface area contributed by atoms with Gasteiger partial charge in [0, 0.05) is 57.3 Å². The fourth-order valence-corrected chi connectivity index (χ4v) is 12.8. The van der Waals surface area contributed by atoms with E-state index in [2.05, 4.69) is 45.0 Å². The van der Waals surface area contributed by atoms with E-state index in [4.69, 9.17) is 36.2 Å². The largest absolute Gasteiger partial charge is 0.490 e. The number of aliphatic imine (C=N–C) groups is 1. The number of halogens is 1. The maximum absolute atomic E-state index is 14.9. The highest BCUT2D eigenvalue weighted by molar-refractivity contribution is 7.15. The quantitative estimate of drug-likeness (QED) is 0.0662. The van der Waals surface area contributed by atoms with Crippen molar-refractivity contribution in [3.8, 4) is 21.2 Å². The van der Waals surface area contributed by atoms with E-state index in [1.165, 1.54) is 4.90 Å². The molecule has 6 heterocycles. The van der Waals surface area contributed by atoms with Crippen LogP contribution in [-0.4, -0.2) is 102 Å². The van der Waals surface area contributed by atoms with Crippen LogP contribution in [0.2, 0.25) is 5.02 Å². The molecule has 1 saturated heterocycles. The maximum Gasteiger partial charge on any atom is 0.307 e. The number of thiophene rings is 1. The Balaban J connectivity index is 0.780. The first kappa shape index (κ1) is 57.0. The summed E-state index contributed by atoms with van der Waals surface area (Å²) in [5, 5.41) is 20.3. The third-order valence-corrected chi connectivity index (χ3v) is 17.5. The lowest BCUT2D eigenvalue weighted by Gasteiger charge is -2.36. The molecule has 1 aliphatic carbocycles. The molecule has 10 rings (SSSR count). The van der Waals surface area contributed by atoms with Crippen LogP contribution < -0.4 is 26.4 Å². The van der Waals surface area contributed by atoms with E-state index in [-0.39, 0.29) is 49.6 Å². The number of carbonyl (C=O) groups excluding carboxylic acids is 5. The lowest BCUT2D eigenvalue weighted by Crippen LogP contribution is -2.57. The Morgan fingerprint density at radius 2 is 1.60 bits per heavy atom. The number of likely N-dealkylation sites (tertiary alicyclic amines) is 1. The molecule has 4 amide bonds. The van der Waals surface area contributed by atoms with Crippen LogP contribution in [0.3, 0.4) is 0 Å². The first-order valence-electron chi connectivity index (χ1n) is 27.1. The highest BCUT2D eigenvalue weighted by atomic mass is 35.5. The van der Waals surface area contributed by atoms with Gasteiger partial charge in [-0.3, -0.25) is 33.5 Å². The van der Waals surface area contributed by atoms with Crippen LogP contribution in [0.25, 0.3) is 26.4 Å². The molecule has 81 heavy (non-hydrogen) atoms. The molecule has 21 heteroatoms. The van der Waals surface area contributed by atoms with Crippen molar-refractivity contribution in [1.82, 2.24) is 40.6 Å². The number of hydrogen-bond acceptors (Lipinski definition) is 15. The second-order valence-electron chi connectivity index (χ2n) is 23.3. The number of benzene rings is 3. The van der Waals surface area contributed by atoms with Gasteiger partial charge in [-0.25, -0.2) is 4.98 Å². The zero-order valence-electron chi connectivity index (χ0n) is 47.0. The van der Waals surface area contributed by atoms with Crippen LogP contribution in [-0.2, 0) is 23.9 Å². The molecule has 1 saturated carbocycles. The molecular formula is C60H67ClN10O8S2. The summed E-state index contributed by atoms with van der Waals surface area (Å²) < 4.78 is 20.3. The molecule has 3 aromatic carbocycles. The number of rotatable bonds is 16. The average molecular weight is 1160 g/mol. The zero-order chi connectivity index (χ0) is 57.8. The molecular weight excluding hydrogens is 1090 g/mol. The highest BCUT2D eigenvalue weighted by Crippen LogP contribution is 2.40. The lowest BCUT2D eigenvalue weighted by molar-refractivity contribution is -0.150. The Bertz CT molecular complexity index is 3580. The first-order valence-corrected chi connectivity index (χ1v) is 29.2. The normalized spacial score (nSPS) is 19.6. The minimum Gasteiger partial charge on any atom is -0.490 e. The predicted octanol–water partition coefficient (Wildman–Crippen LogP) is 9.76. The zero-order valence-corrected chi connectivity index (χ0v) is 49.4. The van der Waals surface area contributed by atoms with Crippen LogP contribution in [0.1, 0.15) is 141 Å². The second-order valence-corrected chi connectivity index (χ2v) is 25.8. The van der Waals surface area contributed by atoms with Crippen molar-refractivity contribution >= 4 is 80.6 Å². The second kappa shape index (κ2) is 22.6. The van der Waals surface area contributed by atoms with Crippen LogP contribution in [0.4, 0.5) is 0 Å². The number of amides is 4. The van der Waals surface area contributed by atoms with E-state index in [1.807, 2.05) is 94.6 Å². The Hall–Kier alpha value is -7.26. The van der Waals surface area contributed by atoms with Crippen molar-refractivity contribution in [3.63, 3.8) is 0 Å². The Labute approximate surface area is 483 Å². The van der Waals surface area contributed by atoms with Gasteiger partial charge < -0.3 is 40.5 Å². The van der Waals surface area contributed by atoms with Gasteiger partial charge in [0.25, 0.3) is 5.91 Å². The SMILES string of the molecule is Cc1ncsc1-c1ccc([C@H](C)NC(=O)[C@@H]2C[C@@H](OC(=O)CC(C)(C)N)CN2C(=O)[C@@H](NC(=O)c2cc3cc(O[C@H]4C[C@@H](NC(=O)C[C@@H]5N=C(c6ccc(Cl)cc6)c6c(sc(C)c6C)-n6c(C)nnc65)C4)ccc3o2)C(C)(C)C)cc1. The van der Waals surface area contributed by atoms with E-state index in [0.29, 0.717) is 46.2 Å². The number of aryl methyl sites for hydroxylation is 3. The summed E-state index contributed by atoms with van der Waals surface area (Å²) in [6.07, 6.45) is 0.225. The fraction of sp³-hybridized carbons (Fsp3) is 0.417. The van der Waals surface area contributed by atoms with Gasteiger partial charge in [0.15, 0.2) is 11.6 Å². The summed E-state index contributed by atoms with van der Waals surface area (Å²) in [5.41, 5.74) is 13.3.